The molecule has 1 nitrogen and oxygen atoms in total. The fraction of sp³-hybridized carbons (Fsp3) is 0.143. The van der Waals surface area contributed by atoms with Crippen molar-refractivity contribution in [2.24, 2.45) is 0 Å². The molecule has 0 atom stereocenters. The molecule has 0 saturated carbocycles. The molecule has 0 heterocycles. The van der Waals surface area contributed by atoms with E-state index in [1.165, 1.54) is 21.0 Å². The van der Waals surface area contributed by atoms with E-state index in [4.69, 9.17) is 4.74 Å². The van der Waals surface area contributed by atoms with E-state index in [9.17, 15) is 22.0 Å². The third-order valence-corrected chi connectivity index (χ3v) is 8.47. The number of ether oxygens (including phenoxy) is 1. The van der Waals surface area contributed by atoms with Gasteiger partial charge in [-0.3, -0.25) is 0 Å². The van der Waals surface area contributed by atoms with E-state index in [2.05, 4.69) is 0 Å². The van der Waals surface area contributed by atoms with Crippen molar-refractivity contribution in [3.05, 3.63) is 82.4 Å². The topological polar surface area (TPSA) is 9.23 Å². The van der Waals surface area contributed by atoms with Crippen LogP contribution in [0.5, 0.6) is 5.75 Å². The van der Waals surface area contributed by atoms with Gasteiger partial charge in [-0.05, 0) is 53.7 Å². The molecule has 0 radical (unpaired) electrons. The van der Waals surface area contributed by atoms with Crippen LogP contribution in [0.2, 0.25) is 0 Å². The van der Waals surface area contributed by atoms with Crippen LogP contribution in [-0.4, -0.2) is 21.3 Å². The molecule has 0 amide bonds. The number of rotatable bonds is 4. The average Bonchev–Trinajstić information content (AvgIpc) is 2.65. The van der Waals surface area contributed by atoms with Crippen LogP contribution in [0.25, 0.3) is 0 Å². The SMILES string of the molecule is COc1ccc(F)[c]([Al]([c]2cc(F)cc(F)c2C)[c]2cc(F)cc(F)c2C)c1F. The Balaban J connectivity index is 2.46. The van der Waals surface area contributed by atoms with Gasteiger partial charge in [0.25, 0.3) is 0 Å². The molecule has 3 aromatic carbocycles. The lowest BCUT2D eigenvalue weighted by atomic mass is 10.2. The van der Waals surface area contributed by atoms with Crippen molar-refractivity contribution in [2.45, 2.75) is 13.8 Å². The van der Waals surface area contributed by atoms with E-state index >= 15 is 4.39 Å². The third-order valence-electron chi connectivity index (χ3n) is 4.92. The van der Waals surface area contributed by atoms with Gasteiger partial charge in [0.1, 0.15) is 29.1 Å². The zero-order chi connectivity index (χ0) is 21.5. The average molecular weight is 424 g/mol. The summed E-state index contributed by atoms with van der Waals surface area (Å²) in [6.07, 6.45) is 0. The lowest BCUT2D eigenvalue weighted by Crippen LogP contribution is -2.57. The zero-order valence-electron chi connectivity index (χ0n) is 15.7. The van der Waals surface area contributed by atoms with Crippen LogP contribution in [0.4, 0.5) is 26.3 Å². The first kappa shape index (κ1) is 21.3. The molecule has 0 bridgehead atoms. The highest BCUT2D eigenvalue weighted by atomic mass is 27.2. The Morgan fingerprint density at radius 2 is 1.17 bits per heavy atom. The zero-order valence-corrected chi connectivity index (χ0v) is 16.9. The molecular formula is C21H15AlF6O. The maximum absolute atomic E-state index is 15.1. The summed E-state index contributed by atoms with van der Waals surface area (Å²) in [5.41, 5.74) is -0.0949. The summed E-state index contributed by atoms with van der Waals surface area (Å²) in [5.74, 6) is -6.11. The second-order valence-corrected chi connectivity index (χ2v) is 9.30. The fourth-order valence-electron chi connectivity index (χ4n) is 3.38. The molecular weight excluding hydrogens is 409 g/mol. The number of benzene rings is 3. The van der Waals surface area contributed by atoms with Gasteiger partial charge in [0, 0.05) is 12.1 Å². The van der Waals surface area contributed by atoms with Gasteiger partial charge in [0.05, 0.1) is 7.11 Å². The standard InChI is InChI=1S/C7H5F2O.2C7H5F2.Al/c1-10-7-3-2-5(8)4-6(7)9;2*1-5-2-3-6(8)4-7(5)9;/h2-3H,1H3;2*3-4H,1H3;. The Labute approximate surface area is 167 Å². The van der Waals surface area contributed by atoms with Crippen molar-refractivity contribution in [2.75, 3.05) is 7.11 Å². The van der Waals surface area contributed by atoms with Gasteiger partial charge >= 0.3 is 14.1 Å². The maximum atomic E-state index is 15.1. The van der Waals surface area contributed by atoms with Gasteiger partial charge in [0.2, 0.25) is 0 Å². The molecule has 0 aromatic heterocycles. The van der Waals surface area contributed by atoms with Crippen molar-refractivity contribution >= 4 is 27.4 Å². The molecule has 8 heteroatoms. The molecule has 0 unspecified atom stereocenters. The largest absolute Gasteiger partial charge is 0.494 e. The lowest BCUT2D eigenvalue weighted by Gasteiger charge is -2.21. The number of halogens is 6. The van der Waals surface area contributed by atoms with E-state index < -0.39 is 53.5 Å². The second kappa shape index (κ2) is 8.13. The lowest BCUT2D eigenvalue weighted by molar-refractivity contribution is 0.386. The Morgan fingerprint density at radius 1 is 0.690 bits per heavy atom. The van der Waals surface area contributed by atoms with Gasteiger partial charge < -0.3 is 4.74 Å². The molecule has 0 saturated heterocycles. The predicted molar refractivity (Wildman–Crippen MR) is 99.8 cm³/mol. The smallest absolute Gasteiger partial charge is 0.394 e. The van der Waals surface area contributed by atoms with Crippen molar-refractivity contribution in [1.29, 1.82) is 0 Å². The van der Waals surface area contributed by atoms with Crippen LogP contribution < -0.4 is 18.0 Å². The summed E-state index contributed by atoms with van der Waals surface area (Å²) in [4.78, 5) is 0. The first-order valence-electron chi connectivity index (χ1n) is 8.58. The van der Waals surface area contributed by atoms with Gasteiger partial charge in [-0.15, -0.1) is 0 Å². The summed E-state index contributed by atoms with van der Waals surface area (Å²) in [6.45, 7) is 2.65. The monoisotopic (exact) mass is 424 g/mol. The molecule has 0 aliphatic carbocycles. The normalized spacial score (nSPS) is 10.9. The molecule has 29 heavy (non-hydrogen) atoms. The van der Waals surface area contributed by atoms with Gasteiger partial charge in [-0.25, -0.2) is 26.3 Å². The Morgan fingerprint density at radius 3 is 1.62 bits per heavy atom. The Hall–Kier alpha value is -2.43. The number of hydrogen-bond donors (Lipinski definition) is 0. The van der Waals surface area contributed by atoms with Gasteiger partial charge in [-0.2, -0.15) is 0 Å². The van der Waals surface area contributed by atoms with Crippen molar-refractivity contribution in [1.82, 2.24) is 0 Å². The minimum Gasteiger partial charge on any atom is -0.494 e. The minimum atomic E-state index is -3.41. The van der Waals surface area contributed by atoms with E-state index in [-0.39, 0.29) is 25.7 Å². The van der Waals surface area contributed by atoms with Crippen LogP contribution >= 0.6 is 0 Å². The van der Waals surface area contributed by atoms with Crippen LogP contribution in [0.15, 0.2) is 36.4 Å². The second-order valence-electron chi connectivity index (χ2n) is 6.61. The van der Waals surface area contributed by atoms with Crippen molar-refractivity contribution < 1.29 is 31.1 Å². The summed E-state index contributed by atoms with van der Waals surface area (Å²) < 4.78 is 90.9. The Kier molecular flexibility index (Phi) is 5.97. The first-order valence-corrected chi connectivity index (χ1v) is 10.3. The third kappa shape index (κ3) is 3.87. The summed E-state index contributed by atoms with van der Waals surface area (Å²) in [6, 6.07) is 5.21. The summed E-state index contributed by atoms with van der Waals surface area (Å²) in [5, 5.41) is 0. The predicted octanol–water partition coefficient (Wildman–Crippen LogP) is 3.66. The van der Waals surface area contributed by atoms with E-state index in [0.717, 1.165) is 24.3 Å². The number of hydrogen-bond acceptors (Lipinski definition) is 1. The van der Waals surface area contributed by atoms with Crippen molar-refractivity contribution in [3.63, 3.8) is 0 Å². The van der Waals surface area contributed by atoms with Crippen LogP contribution in [0.3, 0.4) is 0 Å². The molecule has 150 valence electrons. The number of methoxy groups -OCH3 is 1. The molecule has 3 aromatic rings. The van der Waals surface area contributed by atoms with Crippen molar-refractivity contribution in [3.8, 4) is 5.75 Å². The maximum Gasteiger partial charge on any atom is 0.394 e. The summed E-state index contributed by atoms with van der Waals surface area (Å²) in [7, 11) is 1.18. The van der Waals surface area contributed by atoms with E-state index in [1.807, 2.05) is 0 Å². The van der Waals surface area contributed by atoms with Crippen LogP contribution in [0, 0.1) is 48.8 Å². The van der Waals surface area contributed by atoms with Crippen LogP contribution in [0.1, 0.15) is 11.1 Å². The van der Waals surface area contributed by atoms with Gasteiger partial charge in [0.15, 0.2) is 11.6 Å². The highest BCUT2D eigenvalue weighted by molar-refractivity contribution is 6.96. The molecule has 0 N–H and O–H groups in total. The summed E-state index contributed by atoms with van der Waals surface area (Å²) >= 11 is -3.41. The van der Waals surface area contributed by atoms with Crippen LogP contribution in [-0.2, 0) is 0 Å². The van der Waals surface area contributed by atoms with E-state index in [1.54, 1.807) is 0 Å². The quantitative estimate of drug-likeness (QED) is 0.459. The minimum absolute atomic E-state index is 0.0262. The van der Waals surface area contributed by atoms with E-state index in [0.29, 0.717) is 12.1 Å². The fourth-order valence-corrected chi connectivity index (χ4v) is 6.90. The molecule has 0 spiro atoms. The first-order chi connectivity index (χ1) is 13.6. The molecule has 0 fully saturated rings. The van der Waals surface area contributed by atoms with Gasteiger partial charge in [-0.1, -0.05) is 8.85 Å². The Bertz CT molecular complexity index is 1040. The highest BCUT2D eigenvalue weighted by Crippen LogP contribution is 2.19. The molecule has 3 rings (SSSR count). The molecule has 0 aliphatic heterocycles. The molecule has 0 aliphatic rings. The highest BCUT2D eigenvalue weighted by Gasteiger charge is 2.36.